The van der Waals surface area contributed by atoms with Crippen molar-refractivity contribution in [2.45, 2.75) is 32.4 Å². The van der Waals surface area contributed by atoms with Gasteiger partial charge in [-0.15, -0.1) is 0 Å². The van der Waals surface area contributed by atoms with Crippen LogP contribution in [0.25, 0.3) is 0 Å². The van der Waals surface area contributed by atoms with E-state index in [2.05, 4.69) is 10.2 Å². The number of nitrogens with two attached hydrogens (primary N) is 2. The van der Waals surface area contributed by atoms with Gasteiger partial charge in [0.25, 0.3) is 0 Å². The fourth-order valence-corrected chi connectivity index (χ4v) is 2.69. The van der Waals surface area contributed by atoms with Crippen LogP contribution >= 0.6 is 0 Å². The predicted octanol–water partition coefficient (Wildman–Crippen LogP) is 0.670. The summed E-state index contributed by atoms with van der Waals surface area (Å²) in [6, 6.07) is 7.47. The second kappa shape index (κ2) is 7.38. The highest BCUT2D eigenvalue weighted by Crippen LogP contribution is 2.21. The van der Waals surface area contributed by atoms with Gasteiger partial charge in [-0.1, -0.05) is 19.1 Å². The molecule has 22 heavy (non-hydrogen) atoms. The third-order valence-electron chi connectivity index (χ3n) is 4.07. The number of hydrogen-bond acceptors (Lipinski definition) is 4. The number of carbonyl (C=O) groups is 2. The van der Waals surface area contributed by atoms with E-state index in [-0.39, 0.29) is 23.8 Å². The van der Waals surface area contributed by atoms with Crippen molar-refractivity contribution in [3.05, 3.63) is 29.8 Å². The number of benzene rings is 1. The van der Waals surface area contributed by atoms with E-state index in [4.69, 9.17) is 11.5 Å². The lowest BCUT2D eigenvalue weighted by Gasteiger charge is -2.22. The molecule has 2 unspecified atom stereocenters. The van der Waals surface area contributed by atoms with E-state index in [0.717, 1.165) is 30.6 Å². The molecule has 2 amide bonds. The SMILES string of the molecule is CC(CN)C(=O)Nc1cccc(CN2CCCC2C(N)=O)c1. The molecule has 1 aliphatic rings. The summed E-state index contributed by atoms with van der Waals surface area (Å²) in [5, 5.41) is 2.86. The average molecular weight is 304 g/mol. The fraction of sp³-hybridized carbons (Fsp3) is 0.500. The van der Waals surface area contributed by atoms with Crippen molar-refractivity contribution in [1.82, 2.24) is 4.90 Å². The van der Waals surface area contributed by atoms with Crippen LogP contribution in [0.2, 0.25) is 0 Å². The molecule has 0 radical (unpaired) electrons. The molecule has 2 atom stereocenters. The maximum Gasteiger partial charge on any atom is 0.234 e. The van der Waals surface area contributed by atoms with Gasteiger partial charge in [0.15, 0.2) is 0 Å². The van der Waals surface area contributed by atoms with Crippen LogP contribution in [0.5, 0.6) is 0 Å². The summed E-state index contributed by atoms with van der Waals surface area (Å²) in [5.41, 5.74) is 12.7. The summed E-state index contributed by atoms with van der Waals surface area (Å²) < 4.78 is 0. The number of rotatable bonds is 6. The first-order chi connectivity index (χ1) is 10.5. The van der Waals surface area contributed by atoms with Gasteiger partial charge in [0, 0.05) is 24.7 Å². The highest BCUT2D eigenvalue weighted by Gasteiger charge is 2.28. The van der Waals surface area contributed by atoms with Crippen molar-refractivity contribution < 1.29 is 9.59 Å². The van der Waals surface area contributed by atoms with Crippen LogP contribution in [-0.4, -0.2) is 35.8 Å². The number of carbonyl (C=O) groups excluding carboxylic acids is 2. The summed E-state index contributed by atoms with van der Waals surface area (Å²) in [6.07, 6.45) is 1.80. The molecule has 0 aliphatic carbocycles. The number of amides is 2. The topological polar surface area (TPSA) is 101 Å². The molecule has 6 nitrogen and oxygen atoms in total. The minimum Gasteiger partial charge on any atom is -0.368 e. The van der Waals surface area contributed by atoms with Gasteiger partial charge in [0.1, 0.15) is 0 Å². The van der Waals surface area contributed by atoms with Gasteiger partial charge in [-0.2, -0.15) is 0 Å². The van der Waals surface area contributed by atoms with Gasteiger partial charge in [0.05, 0.1) is 6.04 Å². The summed E-state index contributed by atoms with van der Waals surface area (Å²) in [4.78, 5) is 25.4. The second-order valence-electron chi connectivity index (χ2n) is 5.86. The van der Waals surface area contributed by atoms with E-state index >= 15 is 0 Å². The molecule has 5 N–H and O–H groups in total. The third-order valence-corrected chi connectivity index (χ3v) is 4.07. The number of likely N-dealkylation sites (tertiary alicyclic amines) is 1. The van der Waals surface area contributed by atoms with Crippen LogP contribution in [0.3, 0.4) is 0 Å². The van der Waals surface area contributed by atoms with E-state index < -0.39 is 0 Å². The van der Waals surface area contributed by atoms with Gasteiger partial charge in [-0.25, -0.2) is 0 Å². The van der Waals surface area contributed by atoms with Crippen LogP contribution < -0.4 is 16.8 Å². The molecule has 1 aromatic rings. The first-order valence-electron chi connectivity index (χ1n) is 7.64. The highest BCUT2D eigenvalue weighted by molar-refractivity contribution is 5.92. The lowest BCUT2D eigenvalue weighted by atomic mass is 10.1. The van der Waals surface area contributed by atoms with Crippen molar-refractivity contribution in [3.63, 3.8) is 0 Å². The molecule has 0 bridgehead atoms. The van der Waals surface area contributed by atoms with Crippen LogP contribution in [-0.2, 0) is 16.1 Å². The smallest absolute Gasteiger partial charge is 0.234 e. The molecule has 1 heterocycles. The van der Waals surface area contributed by atoms with E-state index in [1.807, 2.05) is 24.3 Å². The molecule has 2 rings (SSSR count). The van der Waals surface area contributed by atoms with Gasteiger partial charge in [-0.3, -0.25) is 14.5 Å². The van der Waals surface area contributed by atoms with Gasteiger partial charge >= 0.3 is 0 Å². The largest absolute Gasteiger partial charge is 0.368 e. The molecule has 0 spiro atoms. The van der Waals surface area contributed by atoms with Crippen molar-refractivity contribution in [2.24, 2.45) is 17.4 Å². The van der Waals surface area contributed by atoms with Gasteiger partial charge in [-0.05, 0) is 37.1 Å². The summed E-state index contributed by atoms with van der Waals surface area (Å²) in [5.74, 6) is -0.573. The summed E-state index contributed by atoms with van der Waals surface area (Å²) >= 11 is 0. The Morgan fingerprint density at radius 2 is 2.23 bits per heavy atom. The Bertz CT molecular complexity index is 547. The quantitative estimate of drug-likeness (QED) is 0.719. The standard InChI is InChI=1S/C16H24N4O2/c1-11(9-17)16(22)19-13-5-2-4-12(8-13)10-20-7-3-6-14(20)15(18)21/h2,4-5,8,11,14H,3,6-7,9-10,17H2,1H3,(H2,18,21)(H,19,22). The molecular formula is C16H24N4O2. The molecule has 1 aromatic carbocycles. The minimum atomic E-state index is -0.265. The normalized spacial score (nSPS) is 19.8. The summed E-state index contributed by atoms with van der Waals surface area (Å²) in [6.45, 7) is 3.64. The molecular weight excluding hydrogens is 280 g/mol. The van der Waals surface area contributed by atoms with Gasteiger partial charge < -0.3 is 16.8 Å². The Hall–Kier alpha value is -1.92. The zero-order chi connectivity index (χ0) is 16.1. The Balaban J connectivity index is 2.02. The van der Waals surface area contributed by atoms with Crippen LogP contribution in [0.15, 0.2) is 24.3 Å². The van der Waals surface area contributed by atoms with E-state index in [1.165, 1.54) is 0 Å². The van der Waals surface area contributed by atoms with Crippen molar-refractivity contribution in [3.8, 4) is 0 Å². The van der Waals surface area contributed by atoms with Crippen molar-refractivity contribution >= 4 is 17.5 Å². The lowest BCUT2D eigenvalue weighted by Crippen LogP contribution is -2.39. The first kappa shape index (κ1) is 16.5. The zero-order valence-electron chi connectivity index (χ0n) is 12.9. The maximum absolute atomic E-state index is 11.9. The zero-order valence-corrected chi connectivity index (χ0v) is 12.9. The summed E-state index contributed by atoms with van der Waals surface area (Å²) in [7, 11) is 0. The fourth-order valence-electron chi connectivity index (χ4n) is 2.69. The Kier molecular flexibility index (Phi) is 5.51. The number of hydrogen-bond donors (Lipinski definition) is 3. The van der Waals surface area contributed by atoms with Crippen LogP contribution in [0, 0.1) is 5.92 Å². The molecule has 120 valence electrons. The molecule has 0 aromatic heterocycles. The highest BCUT2D eigenvalue weighted by atomic mass is 16.2. The number of nitrogens with one attached hydrogen (secondary N) is 1. The second-order valence-corrected chi connectivity index (χ2v) is 5.86. The molecule has 0 saturated carbocycles. The molecule has 6 heteroatoms. The van der Waals surface area contributed by atoms with E-state index in [1.54, 1.807) is 6.92 Å². The Morgan fingerprint density at radius 1 is 1.45 bits per heavy atom. The third kappa shape index (κ3) is 4.05. The Morgan fingerprint density at radius 3 is 2.91 bits per heavy atom. The Labute approximate surface area is 130 Å². The molecule has 1 fully saturated rings. The average Bonchev–Trinajstić information content (AvgIpc) is 2.95. The lowest BCUT2D eigenvalue weighted by molar-refractivity contribution is -0.122. The minimum absolute atomic E-state index is 0.0872. The predicted molar refractivity (Wildman–Crippen MR) is 85.9 cm³/mol. The van der Waals surface area contributed by atoms with Crippen LogP contribution in [0.4, 0.5) is 5.69 Å². The maximum atomic E-state index is 11.9. The number of nitrogens with zero attached hydrogens (tertiary/aromatic N) is 1. The van der Waals surface area contributed by atoms with Crippen molar-refractivity contribution in [1.29, 1.82) is 0 Å². The monoisotopic (exact) mass is 304 g/mol. The molecule has 1 saturated heterocycles. The van der Waals surface area contributed by atoms with E-state index in [0.29, 0.717) is 13.1 Å². The number of primary amides is 1. The van der Waals surface area contributed by atoms with E-state index in [9.17, 15) is 9.59 Å². The number of anilines is 1. The first-order valence-corrected chi connectivity index (χ1v) is 7.64. The van der Waals surface area contributed by atoms with Gasteiger partial charge in [0.2, 0.25) is 11.8 Å². The van der Waals surface area contributed by atoms with Crippen LogP contribution in [0.1, 0.15) is 25.3 Å². The van der Waals surface area contributed by atoms with Crippen molar-refractivity contribution in [2.75, 3.05) is 18.4 Å². The molecule has 1 aliphatic heterocycles.